The van der Waals surface area contributed by atoms with E-state index in [1.807, 2.05) is 4.72 Å². The maximum Gasteiger partial charge on any atom is 0.424 e. The van der Waals surface area contributed by atoms with Crippen LogP contribution in [-0.4, -0.2) is 44.8 Å². The molecule has 2 amide bonds. The van der Waals surface area contributed by atoms with Crippen LogP contribution in [0.25, 0.3) is 0 Å². The van der Waals surface area contributed by atoms with Crippen molar-refractivity contribution in [3.63, 3.8) is 0 Å². The van der Waals surface area contributed by atoms with E-state index in [1.165, 1.54) is 0 Å². The first-order chi connectivity index (χ1) is 9.70. The molecule has 10 heteroatoms. The average Bonchev–Trinajstić information content (AvgIpc) is 2.17. The predicted octanol–water partition coefficient (Wildman–Crippen LogP) is 0.870. The van der Waals surface area contributed by atoms with Crippen LogP contribution in [0.5, 0.6) is 0 Å². The third-order valence-electron chi connectivity index (χ3n) is 1.73. The van der Waals surface area contributed by atoms with Gasteiger partial charge in [-0.15, -0.1) is 0 Å². The molecule has 0 aliphatic rings. The molecule has 0 heterocycles. The van der Waals surface area contributed by atoms with Gasteiger partial charge in [-0.1, -0.05) is 0 Å². The lowest BCUT2D eigenvalue weighted by Crippen LogP contribution is -2.44. The summed E-state index contributed by atoms with van der Waals surface area (Å²) < 4.78 is 34.2. The monoisotopic (exact) mass is 339 g/mol. The molecule has 0 spiro atoms. The Morgan fingerprint density at radius 1 is 0.955 bits per heavy atom. The summed E-state index contributed by atoms with van der Waals surface area (Å²) >= 11 is 0. The number of alkyl carbamates (subject to hydrolysis) is 1. The van der Waals surface area contributed by atoms with Crippen LogP contribution in [-0.2, 0) is 19.2 Å². The zero-order chi connectivity index (χ0) is 17.6. The summed E-state index contributed by atoms with van der Waals surface area (Å²) in [5, 5.41) is 4.70. The zero-order valence-corrected chi connectivity index (χ0v) is 14.6. The summed E-state index contributed by atoms with van der Waals surface area (Å²) in [6, 6.07) is 0. The molecule has 0 atom stereocenters. The van der Waals surface area contributed by atoms with Crippen LogP contribution in [0.1, 0.15) is 41.5 Å². The SMILES string of the molecule is CC(C)(C)NC(=O)OS(=O)(=O)NCCNC(=O)OC(C)(C)C. The van der Waals surface area contributed by atoms with E-state index in [-0.39, 0.29) is 13.1 Å². The van der Waals surface area contributed by atoms with E-state index in [9.17, 15) is 18.0 Å². The fourth-order valence-corrected chi connectivity index (χ4v) is 1.76. The van der Waals surface area contributed by atoms with Gasteiger partial charge in [-0.05, 0) is 41.5 Å². The van der Waals surface area contributed by atoms with Crippen molar-refractivity contribution in [1.82, 2.24) is 15.4 Å². The number of nitrogens with one attached hydrogen (secondary N) is 3. The highest BCUT2D eigenvalue weighted by molar-refractivity contribution is 7.85. The van der Waals surface area contributed by atoms with E-state index in [0.29, 0.717) is 0 Å². The fourth-order valence-electron chi connectivity index (χ4n) is 1.11. The molecule has 0 aromatic heterocycles. The molecule has 0 aliphatic carbocycles. The molecule has 9 nitrogen and oxygen atoms in total. The largest absolute Gasteiger partial charge is 0.444 e. The van der Waals surface area contributed by atoms with Crippen molar-refractivity contribution in [1.29, 1.82) is 0 Å². The predicted molar refractivity (Wildman–Crippen MR) is 80.5 cm³/mol. The second-order valence-electron chi connectivity index (χ2n) is 6.52. The van der Waals surface area contributed by atoms with Gasteiger partial charge in [0.15, 0.2) is 0 Å². The summed E-state index contributed by atoms with van der Waals surface area (Å²) in [7, 11) is -4.24. The van der Waals surface area contributed by atoms with Gasteiger partial charge in [0, 0.05) is 18.6 Å². The van der Waals surface area contributed by atoms with Gasteiger partial charge in [-0.3, -0.25) is 0 Å². The van der Waals surface area contributed by atoms with E-state index < -0.39 is 33.6 Å². The highest BCUT2D eigenvalue weighted by Crippen LogP contribution is 2.06. The molecule has 0 aliphatic heterocycles. The second-order valence-corrected chi connectivity index (χ2v) is 7.89. The molecular weight excluding hydrogens is 314 g/mol. The molecule has 3 N–H and O–H groups in total. The molecule has 0 aromatic rings. The molecule has 0 saturated carbocycles. The summed E-state index contributed by atoms with van der Waals surface area (Å²) in [5.74, 6) is 0. The fraction of sp³-hybridized carbons (Fsp3) is 0.833. The Balaban J connectivity index is 4.09. The smallest absolute Gasteiger partial charge is 0.424 e. The Labute approximate surface area is 131 Å². The van der Waals surface area contributed by atoms with Crippen LogP contribution in [0.2, 0.25) is 0 Å². The van der Waals surface area contributed by atoms with Gasteiger partial charge in [0.1, 0.15) is 5.60 Å². The van der Waals surface area contributed by atoms with E-state index >= 15 is 0 Å². The first-order valence-corrected chi connectivity index (χ1v) is 8.09. The molecule has 22 heavy (non-hydrogen) atoms. The maximum absolute atomic E-state index is 11.5. The highest BCUT2D eigenvalue weighted by atomic mass is 32.2. The standard InChI is InChI=1S/C12H25N3O6S/c1-11(2,3)15-10(17)21-22(18,19)14-8-7-13-9(16)20-12(4,5)6/h14H,7-8H2,1-6H3,(H,13,16)(H,15,17). The molecule has 0 fully saturated rings. The Bertz CT molecular complexity index is 490. The Morgan fingerprint density at radius 2 is 1.50 bits per heavy atom. The first kappa shape index (κ1) is 20.5. The van der Waals surface area contributed by atoms with Crippen molar-refractivity contribution in [2.24, 2.45) is 0 Å². The topological polar surface area (TPSA) is 123 Å². The summed E-state index contributed by atoms with van der Waals surface area (Å²) in [6.45, 7) is 9.99. The van der Waals surface area contributed by atoms with Crippen LogP contribution in [0.3, 0.4) is 0 Å². The Hall–Kier alpha value is -1.55. The van der Waals surface area contributed by atoms with Gasteiger partial charge in [0.05, 0.1) is 0 Å². The van der Waals surface area contributed by atoms with Crippen molar-refractivity contribution < 1.29 is 26.9 Å². The normalized spacial score (nSPS) is 12.5. The van der Waals surface area contributed by atoms with E-state index in [1.54, 1.807) is 41.5 Å². The molecule has 130 valence electrons. The number of hydrogen-bond acceptors (Lipinski definition) is 6. The van der Waals surface area contributed by atoms with E-state index in [0.717, 1.165) is 0 Å². The molecule has 0 aromatic carbocycles. The minimum Gasteiger partial charge on any atom is -0.444 e. The number of rotatable bonds is 5. The number of carbonyl (C=O) groups excluding carboxylic acids is 2. The summed E-state index contributed by atoms with van der Waals surface area (Å²) in [5.41, 5.74) is -1.26. The quantitative estimate of drug-likeness (QED) is 0.639. The molecule has 0 radical (unpaired) electrons. The van der Waals surface area contributed by atoms with Crippen LogP contribution >= 0.6 is 0 Å². The van der Waals surface area contributed by atoms with Gasteiger partial charge in [0.25, 0.3) is 0 Å². The van der Waals surface area contributed by atoms with Gasteiger partial charge in [-0.25, -0.2) is 9.59 Å². The van der Waals surface area contributed by atoms with Crippen molar-refractivity contribution in [3.8, 4) is 0 Å². The number of carbonyl (C=O) groups is 2. The lowest BCUT2D eigenvalue weighted by molar-refractivity contribution is 0.0528. The number of amides is 2. The molecule has 0 rings (SSSR count). The molecule has 0 unspecified atom stereocenters. The zero-order valence-electron chi connectivity index (χ0n) is 13.8. The summed E-state index contributed by atoms with van der Waals surface area (Å²) in [4.78, 5) is 22.6. The van der Waals surface area contributed by atoms with Crippen molar-refractivity contribution in [3.05, 3.63) is 0 Å². The van der Waals surface area contributed by atoms with Crippen molar-refractivity contribution >= 4 is 22.5 Å². The third kappa shape index (κ3) is 12.2. The van der Waals surface area contributed by atoms with Crippen LogP contribution in [0, 0.1) is 0 Å². The van der Waals surface area contributed by atoms with Gasteiger partial charge in [-0.2, -0.15) is 13.1 Å². The minimum atomic E-state index is -4.24. The lowest BCUT2D eigenvalue weighted by Gasteiger charge is -2.20. The highest BCUT2D eigenvalue weighted by Gasteiger charge is 2.21. The van der Waals surface area contributed by atoms with Crippen molar-refractivity contribution in [2.75, 3.05) is 13.1 Å². The Kier molecular flexibility index (Phi) is 7.10. The van der Waals surface area contributed by atoms with Crippen LogP contribution in [0.4, 0.5) is 9.59 Å². The second kappa shape index (κ2) is 7.63. The van der Waals surface area contributed by atoms with Crippen molar-refractivity contribution in [2.45, 2.75) is 52.7 Å². The minimum absolute atomic E-state index is 0.0155. The number of ether oxygens (including phenoxy) is 1. The van der Waals surface area contributed by atoms with E-state index in [2.05, 4.69) is 14.8 Å². The third-order valence-corrected chi connectivity index (χ3v) is 2.66. The van der Waals surface area contributed by atoms with Crippen LogP contribution in [0.15, 0.2) is 0 Å². The molecule has 0 saturated heterocycles. The Morgan fingerprint density at radius 3 is 1.95 bits per heavy atom. The number of hydrogen-bond donors (Lipinski definition) is 3. The summed E-state index contributed by atoms with van der Waals surface area (Å²) in [6.07, 6.45) is -1.75. The van der Waals surface area contributed by atoms with Gasteiger partial charge >= 0.3 is 22.5 Å². The van der Waals surface area contributed by atoms with E-state index in [4.69, 9.17) is 4.74 Å². The average molecular weight is 339 g/mol. The van der Waals surface area contributed by atoms with Crippen LogP contribution < -0.4 is 15.4 Å². The molecule has 0 bridgehead atoms. The molecular formula is C12H25N3O6S. The maximum atomic E-state index is 11.5. The lowest BCUT2D eigenvalue weighted by atomic mass is 10.1. The van der Waals surface area contributed by atoms with Gasteiger partial charge < -0.3 is 19.6 Å². The van der Waals surface area contributed by atoms with Gasteiger partial charge in [0.2, 0.25) is 0 Å². The first-order valence-electron chi connectivity index (χ1n) is 6.68.